The Morgan fingerprint density at radius 1 is 0.739 bits per heavy atom. The second kappa shape index (κ2) is 6.70. The molecule has 0 heterocycles. The van der Waals surface area contributed by atoms with Crippen LogP contribution in [0.2, 0.25) is 0 Å². The van der Waals surface area contributed by atoms with Crippen molar-refractivity contribution in [1.29, 1.82) is 0 Å². The third kappa shape index (κ3) is 2.76. The van der Waals surface area contributed by atoms with E-state index < -0.39 is 22.8 Å². The molecule has 0 bridgehead atoms. The van der Waals surface area contributed by atoms with Crippen LogP contribution in [0.4, 0.5) is 0 Å². The number of rotatable bonds is 7. The van der Waals surface area contributed by atoms with Gasteiger partial charge in [0.25, 0.3) is 11.6 Å². The number of carbonyl (C=O) groups excluding carboxylic acids is 5. The van der Waals surface area contributed by atoms with Crippen molar-refractivity contribution in [2.24, 2.45) is 0 Å². The maximum atomic E-state index is 12.6. The fourth-order valence-electron chi connectivity index (χ4n) is 2.37. The second-order valence-electron chi connectivity index (χ2n) is 4.80. The SMILES string of the molecule is O=CC(=O)C(=O)C(=O)C(C=O)(c1ccccc1)c1ccccc1. The normalized spacial score (nSPS) is 10.6. The van der Waals surface area contributed by atoms with Gasteiger partial charge in [-0.3, -0.25) is 19.2 Å². The van der Waals surface area contributed by atoms with Gasteiger partial charge in [-0.2, -0.15) is 0 Å². The van der Waals surface area contributed by atoms with Crippen molar-refractivity contribution in [3.05, 3.63) is 71.8 Å². The molecule has 0 saturated heterocycles. The van der Waals surface area contributed by atoms with Gasteiger partial charge in [-0.25, -0.2) is 0 Å². The van der Waals surface area contributed by atoms with Crippen molar-refractivity contribution < 1.29 is 24.0 Å². The summed E-state index contributed by atoms with van der Waals surface area (Å²) in [5, 5.41) is 0. The average molecular weight is 308 g/mol. The Kier molecular flexibility index (Phi) is 4.71. The molecule has 0 fully saturated rings. The van der Waals surface area contributed by atoms with Crippen molar-refractivity contribution in [2.75, 3.05) is 0 Å². The van der Waals surface area contributed by atoms with Crippen LogP contribution in [0.3, 0.4) is 0 Å². The molecule has 0 radical (unpaired) electrons. The molecule has 0 aliphatic rings. The fourth-order valence-corrected chi connectivity index (χ4v) is 2.37. The molecule has 2 aromatic carbocycles. The Hall–Kier alpha value is -3.21. The van der Waals surface area contributed by atoms with Gasteiger partial charge in [-0.1, -0.05) is 60.7 Å². The Bertz CT molecular complexity index is 723. The van der Waals surface area contributed by atoms with Crippen LogP contribution in [0.5, 0.6) is 0 Å². The van der Waals surface area contributed by atoms with Crippen molar-refractivity contribution in [3.8, 4) is 0 Å². The summed E-state index contributed by atoms with van der Waals surface area (Å²) in [4.78, 5) is 58.3. The van der Waals surface area contributed by atoms with Crippen LogP contribution in [0.15, 0.2) is 60.7 Å². The van der Waals surface area contributed by atoms with Gasteiger partial charge in [0.2, 0.25) is 5.78 Å². The first-order valence-corrected chi connectivity index (χ1v) is 6.73. The van der Waals surface area contributed by atoms with Gasteiger partial charge in [0.1, 0.15) is 11.7 Å². The molecule has 0 aliphatic heterocycles. The molecule has 0 saturated carbocycles. The first-order chi connectivity index (χ1) is 11.1. The minimum absolute atomic E-state index is 0.230. The molecular weight excluding hydrogens is 296 g/mol. The molecule has 0 unspecified atom stereocenters. The number of carbonyl (C=O) groups is 5. The predicted molar refractivity (Wildman–Crippen MR) is 80.8 cm³/mol. The van der Waals surface area contributed by atoms with E-state index in [0.29, 0.717) is 6.29 Å². The molecule has 0 aliphatic carbocycles. The van der Waals surface area contributed by atoms with Crippen molar-refractivity contribution in [3.63, 3.8) is 0 Å². The molecule has 114 valence electrons. The molecule has 23 heavy (non-hydrogen) atoms. The van der Waals surface area contributed by atoms with E-state index in [9.17, 15) is 24.0 Å². The fraction of sp³-hybridized carbons (Fsp3) is 0.0556. The molecular formula is C18H12O5. The summed E-state index contributed by atoms with van der Waals surface area (Å²) in [7, 11) is 0. The summed E-state index contributed by atoms with van der Waals surface area (Å²) in [5.74, 6) is -4.24. The summed E-state index contributed by atoms with van der Waals surface area (Å²) in [5.41, 5.74) is -1.46. The molecule has 0 amide bonds. The first-order valence-electron chi connectivity index (χ1n) is 6.73. The molecule has 2 rings (SSSR count). The zero-order chi connectivity index (χ0) is 16.9. The highest BCUT2D eigenvalue weighted by Gasteiger charge is 2.46. The molecule has 2 aromatic rings. The Labute approximate surface area is 131 Å². The lowest BCUT2D eigenvalue weighted by atomic mass is 9.71. The van der Waals surface area contributed by atoms with Crippen LogP contribution < -0.4 is 0 Å². The highest BCUT2D eigenvalue weighted by atomic mass is 16.2. The number of ketones is 3. The van der Waals surface area contributed by atoms with Gasteiger partial charge in [0.15, 0.2) is 6.29 Å². The maximum Gasteiger partial charge on any atom is 0.273 e. The third-order valence-electron chi connectivity index (χ3n) is 3.53. The zero-order valence-corrected chi connectivity index (χ0v) is 12.0. The lowest BCUT2D eigenvalue weighted by molar-refractivity contribution is -0.147. The van der Waals surface area contributed by atoms with E-state index in [-0.39, 0.29) is 17.4 Å². The van der Waals surface area contributed by atoms with Gasteiger partial charge < -0.3 is 4.79 Å². The van der Waals surface area contributed by atoms with Crippen LogP contribution in [0.25, 0.3) is 0 Å². The topological polar surface area (TPSA) is 85.3 Å². The zero-order valence-electron chi connectivity index (χ0n) is 12.0. The van der Waals surface area contributed by atoms with Crippen LogP contribution >= 0.6 is 0 Å². The van der Waals surface area contributed by atoms with Crippen LogP contribution in [-0.4, -0.2) is 29.9 Å². The van der Waals surface area contributed by atoms with E-state index in [1.165, 1.54) is 24.3 Å². The van der Waals surface area contributed by atoms with E-state index in [2.05, 4.69) is 0 Å². The monoisotopic (exact) mass is 308 g/mol. The van der Waals surface area contributed by atoms with E-state index in [0.717, 1.165) is 0 Å². The second-order valence-corrected chi connectivity index (χ2v) is 4.80. The summed E-state index contributed by atoms with van der Waals surface area (Å²) in [6, 6.07) is 15.9. The highest BCUT2D eigenvalue weighted by molar-refractivity contribution is 6.76. The standard InChI is InChI=1S/C18H12O5/c19-11-15(21)16(22)17(23)18(12-20,13-7-3-1-4-8-13)14-9-5-2-6-10-14/h1-12H. The number of aldehydes is 2. The van der Waals surface area contributed by atoms with Gasteiger partial charge >= 0.3 is 0 Å². The van der Waals surface area contributed by atoms with E-state index in [4.69, 9.17) is 0 Å². The lowest BCUT2D eigenvalue weighted by Gasteiger charge is -2.26. The molecule has 0 N–H and O–H groups in total. The van der Waals surface area contributed by atoms with Crippen LogP contribution in [-0.2, 0) is 29.4 Å². The first kappa shape index (κ1) is 16.2. The van der Waals surface area contributed by atoms with Crippen LogP contribution in [0.1, 0.15) is 11.1 Å². The summed E-state index contributed by atoms with van der Waals surface area (Å²) < 4.78 is 0. The minimum Gasteiger partial charge on any atom is -0.301 e. The maximum absolute atomic E-state index is 12.6. The number of Topliss-reactive ketones (excluding diaryl/α,β-unsaturated/α-hetero) is 3. The van der Waals surface area contributed by atoms with Gasteiger partial charge in [0, 0.05) is 0 Å². The summed E-state index contributed by atoms with van der Waals surface area (Å²) in [6.45, 7) is 0. The third-order valence-corrected chi connectivity index (χ3v) is 3.53. The smallest absolute Gasteiger partial charge is 0.273 e. The summed E-state index contributed by atoms with van der Waals surface area (Å²) >= 11 is 0. The van der Waals surface area contributed by atoms with Crippen molar-refractivity contribution >= 4 is 29.9 Å². The summed E-state index contributed by atoms with van der Waals surface area (Å²) in [6.07, 6.45) is 0.0990. The minimum atomic E-state index is -1.96. The van der Waals surface area contributed by atoms with Gasteiger partial charge in [-0.05, 0) is 11.1 Å². The van der Waals surface area contributed by atoms with Crippen molar-refractivity contribution in [2.45, 2.75) is 5.41 Å². The Balaban J connectivity index is 2.72. The molecule has 0 aromatic heterocycles. The van der Waals surface area contributed by atoms with E-state index >= 15 is 0 Å². The molecule has 0 spiro atoms. The largest absolute Gasteiger partial charge is 0.301 e. The number of hydrogen-bond donors (Lipinski definition) is 0. The van der Waals surface area contributed by atoms with E-state index in [1.54, 1.807) is 36.4 Å². The van der Waals surface area contributed by atoms with Gasteiger partial charge in [-0.15, -0.1) is 0 Å². The Morgan fingerprint density at radius 2 is 1.17 bits per heavy atom. The molecule has 5 heteroatoms. The Morgan fingerprint density at radius 3 is 1.52 bits per heavy atom. The molecule has 5 nitrogen and oxygen atoms in total. The quantitative estimate of drug-likeness (QED) is 0.434. The number of benzene rings is 2. The van der Waals surface area contributed by atoms with Crippen molar-refractivity contribution in [1.82, 2.24) is 0 Å². The predicted octanol–water partition coefficient (Wildman–Crippen LogP) is 1.08. The molecule has 0 atom stereocenters. The average Bonchev–Trinajstić information content (AvgIpc) is 2.63. The number of hydrogen-bond acceptors (Lipinski definition) is 5. The highest BCUT2D eigenvalue weighted by Crippen LogP contribution is 2.32. The van der Waals surface area contributed by atoms with Gasteiger partial charge in [0.05, 0.1) is 0 Å². The van der Waals surface area contributed by atoms with E-state index in [1.807, 2.05) is 0 Å². The van der Waals surface area contributed by atoms with Crippen LogP contribution in [0, 0.1) is 0 Å². The lowest BCUT2D eigenvalue weighted by Crippen LogP contribution is -2.45.